The predicted molar refractivity (Wildman–Crippen MR) is 98.2 cm³/mol. The van der Waals surface area contributed by atoms with E-state index in [4.69, 9.17) is 11.6 Å². The number of nitrogens with zero attached hydrogens (tertiary/aromatic N) is 3. The van der Waals surface area contributed by atoms with Gasteiger partial charge in [-0.1, -0.05) is 23.7 Å². The van der Waals surface area contributed by atoms with Crippen molar-refractivity contribution in [2.24, 2.45) is 7.05 Å². The molecule has 0 spiro atoms. The van der Waals surface area contributed by atoms with Gasteiger partial charge in [-0.2, -0.15) is 13.2 Å². The Hall–Kier alpha value is -3.07. The molecule has 0 aliphatic carbocycles. The highest BCUT2D eigenvalue weighted by atomic mass is 35.5. The molecule has 0 aliphatic heterocycles. The van der Waals surface area contributed by atoms with Gasteiger partial charge in [0.05, 0.1) is 10.5 Å². The summed E-state index contributed by atoms with van der Waals surface area (Å²) in [6.45, 7) is 0. The maximum atomic E-state index is 12.9. The third-order valence-corrected chi connectivity index (χ3v) is 4.39. The van der Waals surface area contributed by atoms with Gasteiger partial charge >= 0.3 is 6.18 Å². The van der Waals surface area contributed by atoms with E-state index in [2.05, 4.69) is 10.3 Å². The topological polar surface area (TPSA) is 73.0 Å². The molecule has 6 nitrogen and oxygen atoms in total. The van der Waals surface area contributed by atoms with Crippen molar-refractivity contribution in [2.45, 2.75) is 12.2 Å². The van der Waals surface area contributed by atoms with Crippen LogP contribution < -0.4 is 5.32 Å². The first kappa shape index (κ1) is 19.7. The van der Waals surface area contributed by atoms with Gasteiger partial charge < -0.3 is 9.88 Å². The van der Waals surface area contributed by atoms with Gasteiger partial charge in [-0.25, -0.2) is 4.98 Å². The average molecular weight is 411 g/mol. The molecule has 0 amide bonds. The zero-order valence-electron chi connectivity index (χ0n) is 14.4. The lowest BCUT2D eigenvalue weighted by Crippen LogP contribution is -2.18. The number of halogens is 4. The van der Waals surface area contributed by atoms with E-state index in [0.717, 1.165) is 12.1 Å². The summed E-state index contributed by atoms with van der Waals surface area (Å²) in [6, 6.07) is 8.44. The summed E-state index contributed by atoms with van der Waals surface area (Å²) in [7, 11) is 1.74. The Morgan fingerprint density at radius 2 is 1.89 bits per heavy atom. The Kier molecular flexibility index (Phi) is 5.28. The molecular formula is C18H14ClF3N4O2. The van der Waals surface area contributed by atoms with Crippen LogP contribution in [-0.4, -0.2) is 14.5 Å². The van der Waals surface area contributed by atoms with E-state index in [0.29, 0.717) is 22.5 Å². The first-order valence-electron chi connectivity index (χ1n) is 8.01. The van der Waals surface area contributed by atoms with Crippen LogP contribution >= 0.6 is 11.6 Å². The van der Waals surface area contributed by atoms with E-state index in [9.17, 15) is 23.3 Å². The molecule has 0 saturated carbocycles. The highest BCUT2D eigenvalue weighted by molar-refractivity contribution is 6.30. The second-order valence-corrected chi connectivity index (χ2v) is 6.45. The van der Waals surface area contributed by atoms with E-state index < -0.39 is 28.4 Å². The van der Waals surface area contributed by atoms with Crippen LogP contribution in [0, 0.1) is 10.1 Å². The molecular weight excluding hydrogens is 397 g/mol. The van der Waals surface area contributed by atoms with Crippen molar-refractivity contribution in [1.82, 2.24) is 9.55 Å². The quantitative estimate of drug-likeness (QED) is 0.463. The lowest BCUT2D eigenvalue weighted by atomic mass is 10.0. The number of imidazole rings is 1. The Labute approximate surface area is 162 Å². The molecule has 3 aromatic rings. The second-order valence-electron chi connectivity index (χ2n) is 6.01. The van der Waals surface area contributed by atoms with Crippen LogP contribution in [-0.2, 0) is 13.2 Å². The Bertz CT molecular complexity index is 1000. The van der Waals surface area contributed by atoms with Crippen molar-refractivity contribution in [3.63, 3.8) is 0 Å². The minimum atomic E-state index is -4.68. The Morgan fingerprint density at radius 3 is 2.43 bits per heavy atom. The van der Waals surface area contributed by atoms with Gasteiger partial charge in [0.15, 0.2) is 0 Å². The fraction of sp³-hybridized carbons (Fsp3) is 0.167. The molecule has 0 aliphatic rings. The molecule has 146 valence electrons. The zero-order chi connectivity index (χ0) is 20.5. The maximum Gasteiger partial charge on any atom is 0.416 e. The molecule has 0 fully saturated rings. The van der Waals surface area contributed by atoms with E-state index in [1.165, 1.54) is 0 Å². The zero-order valence-corrected chi connectivity index (χ0v) is 15.2. The SMILES string of the molecule is Cn1ccnc1C(Nc1ccc(C(F)(F)F)cc1[N+](=O)[O-])c1ccc(Cl)cc1. The third kappa shape index (κ3) is 4.09. The number of hydrogen-bond donors (Lipinski definition) is 1. The molecule has 1 unspecified atom stereocenters. The number of nitrogens with one attached hydrogen (secondary N) is 1. The monoisotopic (exact) mass is 410 g/mol. The van der Waals surface area contributed by atoms with Gasteiger partial charge in [-0.15, -0.1) is 0 Å². The minimum Gasteiger partial charge on any atom is -0.366 e. The fourth-order valence-electron chi connectivity index (χ4n) is 2.74. The van der Waals surface area contributed by atoms with Crippen molar-refractivity contribution in [1.29, 1.82) is 0 Å². The Morgan fingerprint density at radius 1 is 1.21 bits per heavy atom. The number of nitro benzene ring substituents is 1. The number of hydrogen-bond acceptors (Lipinski definition) is 4. The van der Waals surface area contributed by atoms with Gasteiger partial charge in [-0.05, 0) is 29.8 Å². The van der Waals surface area contributed by atoms with E-state index in [-0.39, 0.29) is 5.69 Å². The van der Waals surface area contributed by atoms with E-state index >= 15 is 0 Å². The molecule has 10 heteroatoms. The lowest BCUT2D eigenvalue weighted by Gasteiger charge is -2.21. The number of benzene rings is 2. The molecule has 0 bridgehead atoms. The largest absolute Gasteiger partial charge is 0.416 e. The summed E-state index contributed by atoms with van der Waals surface area (Å²) in [5.41, 5.74) is -1.14. The van der Waals surface area contributed by atoms with E-state index in [1.54, 1.807) is 48.3 Å². The van der Waals surface area contributed by atoms with Crippen LogP contribution in [0.1, 0.15) is 23.0 Å². The van der Waals surface area contributed by atoms with Gasteiger partial charge in [0.25, 0.3) is 5.69 Å². The first-order valence-corrected chi connectivity index (χ1v) is 8.39. The van der Waals surface area contributed by atoms with Crippen molar-refractivity contribution in [2.75, 3.05) is 5.32 Å². The van der Waals surface area contributed by atoms with Gasteiger partial charge in [0.2, 0.25) is 0 Å². The summed E-state index contributed by atoms with van der Waals surface area (Å²) < 4.78 is 40.5. The lowest BCUT2D eigenvalue weighted by molar-refractivity contribution is -0.384. The summed E-state index contributed by atoms with van der Waals surface area (Å²) in [5.74, 6) is 0.525. The fourth-order valence-corrected chi connectivity index (χ4v) is 2.87. The molecule has 0 radical (unpaired) electrons. The maximum absolute atomic E-state index is 12.9. The summed E-state index contributed by atoms with van der Waals surface area (Å²) >= 11 is 5.92. The van der Waals surface area contributed by atoms with Crippen LogP contribution in [0.3, 0.4) is 0 Å². The molecule has 1 atom stereocenters. The number of nitro groups is 1. The van der Waals surface area contributed by atoms with Crippen molar-refractivity contribution in [3.05, 3.63) is 86.9 Å². The summed E-state index contributed by atoms with van der Waals surface area (Å²) in [4.78, 5) is 14.8. The minimum absolute atomic E-state index is 0.0547. The molecule has 0 saturated heterocycles. The number of anilines is 1. The first-order chi connectivity index (χ1) is 13.2. The van der Waals surface area contributed by atoms with Crippen LogP contribution in [0.25, 0.3) is 0 Å². The molecule has 1 heterocycles. The molecule has 3 rings (SSSR count). The normalized spacial score (nSPS) is 12.6. The summed E-state index contributed by atoms with van der Waals surface area (Å²) in [5, 5.41) is 14.8. The second kappa shape index (κ2) is 7.51. The van der Waals surface area contributed by atoms with Crippen LogP contribution in [0.4, 0.5) is 24.5 Å². The molecule has 1 N–H and O–H groups in total. The predicted octanol–water partition coefficient (Wildman–Crippen LogP) is 5.20. The van der Waals surface area contributed by atoms with E-state index in [1.807, 2.05) is 0 Å². The number of aryl methyl sites for hydroxylation is 1. The van der Waals surface area contributed by atoms with Gasteiger partial charge in [-0.3, -0.25) is 10.1 Å². The standard InChI is InChI=1S/C18H14ClF3N4O2/c1-25-9-8-23-17(25)16(11-2-5-13(19)6-3-11)24-14-7-4-12(18(20,21)22)10-15(14)26(27)28/h2-10,16,24H,1H3. The van der Waals surface area contributed by atoms with Crippen molar-refractivity contribution < 1.29 is 18.1 Å². The Balaban J connectivity index is 2.07. The van der Waals surface area contributed by atoms with Crippen LogP contribution in [0.5, 0.6) is 0 Å². The van der Waals surface area contributed by atoms with Gasteiger partial charge in [0, 0.05) is 30.5 Å². The highest BCUT2D eigenvalue weighted by Gasteiger charge is 2.33. The third-order valence-electron chi connectivity index (χ3n) is 4.14. The summed E-state index contributed by atoms with van der Waals surface area (Å²) in [6.07, 6.45) is -1.43. The van der Waals surface area contributed by atoms with Crippen LogP contribution in [0.2, 0.25) is 5.02 Å². The average Bonchev–Trinajstić information content (AvgIpc) is 3.05. The molecule has 1 aromatic heterocycles. The van der Waals surface area contributed by atoms with Crippen molar-refractivity contribution >= 4 is 23.0 Å². The van der Waals surface area contributed by atoms with Crippen LogP contribution in [0.15, 0.2) is 54.9 Å². The smallest absolute Gasteiger partial charge is 0.366 e. The molecule has 2 aromatic carbocycles. The number of aromatic nitrogens is 2. The number of alkyl halides is 3. The van der Waals surface area contributed by atoms with Crippen molar-refractivity contribution in [3.8, 4) is 0 Å². The molecule has 28 heavy (non-hydrogen) atoms. The number of rotatable bonds is 5. The highest BCUT2D eigenvalue weighted by Crippen LogP contribution is 2.37. The van der Waals surface area contributed by atoms with Gasteiger partial charge in [0.1, 0.15) is 17.6 Å².